The zero-order valence-electron chi connectivity index (χ0n) is 11.6. The molecule has 0 saturated heterocycles. The monoisotopic (exact) mass is 261 g/mol. The van der Waals surface area contributed by atoms with Crippen molar-refractivity contribution >= 4 is 11.0 Å². The first-order chi connectivity index (χ1) is 9.42. The minimum Gasteiger partial charge on any atom is -0.380 e. The average Bonchev–Trinajstić information content (AvgIpc) is 2.85. The largest absolute Gasteiger partial charge is 0.380 e. The maximum Gasteiger partial charge on any atom is 0.0958 e. The van der Waals surface area contributed by atoms with Crippen LogP contribution in [0.2, 0.25) is 0 Å². The van der Waals surface area contributed by atoms with Crippen molar-refractivity contribution in [3.63, 3.8) is 0 Å². The third-order valence-electron chi connectivity index (χ3n) is 3.12. The summed E-state index contributed by atoms with van der Waals surface area (Å²) in [6, 6.07) is 8.22. The van der Waals surface area contributed by atoms with Crippen molar-refractivity contribution in [3.8, 4) is 0 Å². The summed E-state index contributed by atoms with van der Waals surface area (Å²) in [6.45, 7) is 6.65. The molecule has 4 nitrogen and oxygen atoms in total. The Morgan fingerprint density at radius 3 is 3.00 bits per heavy atom. The first-order valence-corrected chi connectivity index (χ1v) is 7.10. The van der Waals surface area contributed by atoms with E-state index in [9.17, 15) is 0 Å². The molecule has 0 saturated carbocycles. The average molecular weight is 261 g/mol. The molecule has 0 amide bonds. The van der Waals surface area contributed by atoms with Crippen LogP contribution in [0.1, 0.15) is 19.8 Å². The molecule has 1 heterocycles. The van der Waals surface area contributed by atoms with E-state index in [1.165, 1.54) is 11.9 Å². The van der Waals surface area contributed by atoms with Gasteiger partial charge in [0, 0.05) is 26.2 Å². The third kappa shape index (κ3) is 4.33. The number of hydrogen-bond donors (Lipinski definition) is 1. The highest BCUT2D eigenvalue weighted by Gasteiger charge is 2.00. The van der Waals surface area contributed by atoms with Gasteiger partial charge < -0.3 is 14.6 Å². The fraction of sp³-hybridized carbons (Fsp3) is 0.533. The summed E-state index contributed by atoms with van der Waals surface area (Å²) in [5, 5.41) is 3.39. The molecule has 104 valence electrons. The van der Waals surface area contributed by atoms with Gasteiger partial charge in [0.2, 0.25) is 0 Å². The summed E-state index contributed by atoms with van der Waals surface area (Å²) in [7, 11) is 0. The Hall–Kier alpha value is -1.39. The lowest BCUT2D eigenvalue weighted by molar-refractivity contribution is 0.133. The molecule has 1 aromatic heterocycles. The minimum atomic E-state index is 0.796. The van der Waals surface area contributed by atoms with Crippen molar-refractivity contribution in [1.82, 2.24) is 14.9 Å². The first-order valence-electron chi connectivity index (χ1n) is 7.10. The Balaban J connectivity index is 1.63. The highest BCUT2D eigenvalue weighted by atomic mass is 16.5. The Labute approximate surface area is 114 Å². The van der Waals surface area contributed by atoms with Crippen LogP contribution in [-0.4, -0.2) is 35.9 Å². The van der Waals surface area contributed by atoms with E-state index in [-0.39, 0.29) is 0 Å². The number of ether oxygens (including phenoxy) is 1. The lowest BCUT2D eigenvalue weighted by Gasteiger charge is -2.07. The van der Waals surface area contributed by atoms with Crippen LogP contribution in [0.4, 0.5) is 0 Å². The number of fused-ring (bicyclic) bond motifs is 1. The second-order valence-corrected chi connectivity index (χ2v) is 4.64. The van der Waals surface area contributed by atoms with Gasteiger partial charge in [-0.25, -0.2) is 4.98 Å². The lowest BCUT2D eigenvalue weighted by atomic mass is 10.3. The van der Waals surface area contributed by atoms with Crippen molar-refractivity contribution < 1.29 is 4.74 Å². The second-order valence-electron chi connectivity index (χ2n) is 4.64. The van der Waals surface area contributed by atoms with Gasteiger partial charge in [-0.15, -0.1) is 0 Å². The van der Waals surface area contributed by atoms with Gasteiger partial charge in [-0.1, -0.05) is 25.5 Å². The van der Waals surface area contributed by atoms with Gasteiger partial charge in [-0.3, -0.25) is 0 Å². The molecule has 0 aliphatic rings. The number of nitrogens with zero attached hydrogens (tertiary/aromatic N) is 2. The van der Waals surface area contributed by atoms with Crippen LogP contribution in [-0.2, 0) is 11.3 Å². The number of unbranched alkanes of at least 4 members (excludes halogenated alkanes) is 1. The number of nitrogens with one attached hydrogen (secondary N) is 1. The van der Waals surface area contributed by atoms with Crippen LogP contribution in [0.25, 0.3) is 11.0 Å². The van der Waals surface area contributed by atoms with Crippen molar-refractivity contribution in [2.45, 2.75) is 26.3 Å². The van der Waals surface area contributed by atoms with E-state index in [1.54, 1.807) is 0 Å². The SMILES string of the molecule is CCCCOCCNCCn1cnc2ccccc21. The highest BCUT2D eigenvalue weighted by molar-refractivity contribution is 5.74. The molecule has 19 heavy (non-hydrogen) atoms. The van der Waals surface area contributed by atoms with Crippen LogP contribution in [0, 0.1) is 0 Å². The molecular weight excluding hydrogens is 238 g/mol. The highest BCUT2D eigenvalue weighted by Crippen LogP contribution is 2.10. The molecule has 1 aromatic carbocycles. The number of para-hydroxylation sites is 2. The Morgan fingerprint density at radius 1 is 1.21 bits per heavy atom. The maximum atomic E-state index is 5.50. The number of imidazole rings is 1. The van der Waals surface area contributed by atoms with E-state index in [2.05, 4.69) is 33.9 Å². The summed E-state index contributed by atoms with van der Waals surface area (Å²) in [5.41, 5.74) is 2.26. The maximum absolute atomic E-state index is 5.50. The zero-order chi connectivity index (χ0) is 13.3. The summed E-state index contributed by atoms with van der Waals surface area (Å²) in [6.07, 6.45) is 4.26. The van der Waals surface area contributed by atoms with Crippen LogP contribution in [0.15, 0.2) is 30.6 Å². The second kappa shape index (κ2) is 7.92. The summed E-state index contributed by atoms with van der Waals surface area (Å²) in [4.78, 5) is 4.38. The Morgan fingerprint density at radius 2 is 2.11 bits per heavy atom. The van der Waals surface area contributed by atoms with E-state index in [4.69, 9.17) is 4.74 Å². The topological polar surface area (TPSA) is 39.1 Å². The van der Waals surface area contributed by atoms with Crippen LogP contribution < -0.4 is 5.32 Å². The summed E-state index contributed by atoms with van der Waals surface area (Å²) in [5.74, 6) is 0. The standard InChI is InChI=1S/C15H23N3O/c1-2-3-11-19-12-9-16-8-10-18-13-17-14-6-4-5-7-15(14)18/h4-7,13,16H,2-3,8-12H2,1H3. The molecule has 0 bridgehead atoms. The minimum absolute atomic E-state index is 0.796. The molecule has 0 spiro atoms. The Bertz CT molecular complexity index is 481. The fourth-order valence-electron chi connectivity index (χ4n) is 2.01. The molecule has 2 rings (SSSR count). The number of benzene rings is 1. The van der Waals surface area contributed by atoms with Crippen molar-refractivity contribution in [2.24, 2.45) is 0 Å². The van der Waals surface area contributed by atoms with E-state index in [1.807, 2.05) is 18.5 Å². The molecule has 4 heteroatoms. The van der Waals surface area contributed by atoms with E-state index < -0.39 is 0 Å². The smallest absolute Gasteiger partial charge is 0.0958 e. The van der Waals surface area contributed by atoms with Gasteiger partial charge in [0.05, 0.1) is 24.0 Å². The molecule has 0 atom stereocenters. The van der Waals surface area contributed by atoms with Gasteiger partial charge in [0.15, 0.2) is 0 Å². The van der Waals surface area contributed by atoms with Crippen molar-refractivity contribution in [1.29, 1.82) is 0 Å². The quantitative estimate of drug-likeness (QED) is 0.705. The van der Waals surface area contributed by atoms with Crippen LogP contribution >= 0.6 is 0 Å². The van der Waals surface area contributed by atoms with Crippen molar-refractivity contribution in [2.75, 3.05) is 26.3 Å². The molecule has 2 aromatic rings. The van der Waals surface area contributed by atoms with Crippen LogP contribution in [0.3, 0.4) is 0 Å². The molecule has 0 aliphatic heterocycles. The zero-order valence-corrected chi connectivity index (χ0v) is 11.6. The van der Waals surface area contributed by atoms with E-state index in [0.29, 0.717) is 0 Å². The predicted molar refractivity (Wildman–Crippen MR) is 78.3 cm³/mol. The van der Waals surface area contributed by atoms with Gasteiger partial charge in [-0.2, -0.15) is 0 Å². The summed E-state index contributed by atoms with van der Waals surface area (Å²) < 4.78 is 7.68. The molecule has 0 unspecified atom stereocenters. The van der Waals surface area contributed by atoms with Crippen LogP contribution in [0.5, 0.6) is 0 Å². The number of rotatable bonds is 9. The number of aromatic nitrogens is 2. The molecule has 1 N–H and O–H groups in total. The predicted octanol–water partition coefficient (Wildman–Crippen LogP) is 2.44. The molecule has 0 radical (unpaired) electrons. The van der Waals surface area contributed by atoms with E-state index >= 15 is 0 Å². The fourth-order valence-corrected chi connectivity index (χ4v) is 2.01. The molecule has 0 fully saturated rings. The summed E-state index contributed by atoms with van der Waals surface area (Å²) >= 11 is 0. The van der Waals surface area contributed by atoms with E-state index in [0.717, 1.165) is 44.8 Å². The van der Waals surface area contributed by atoms with Gasteiger partial charge >= 0.3 is 0 Å². The normalized spacial score (nSPS) is 11.2. The number of hydrogen-bond acceptors (Lipinski definition) is 3. The third-order valence-corrected chi connectivity index (χ3v) is 3.12. The Kier molecular flexibility index (Phi) is 5.85. The van der Waals surface area contributed by atoms with Gasteiger partial charge in [0.25, 0.3) is 0 Å². The van der Waals surface area contributed by atoms with Crippen molar-refractivity contribution in [3.05, 3.63) is 30.6 Å². The first kappa shape index (κ1) is 14.0. The molecule has 0 aliphatic carbocycles. The van der Waals surface area contributed by atoms with Gasteiger partial charge in [0.1, 0.15) is 0 Å². The van der Waals surface area contributed by atoms with Gasteiger partial charge in [-0.05, 0) is 18.6 Å². The lowest BCUT2D eigenvalue weighted by Crippen LogP contribution is -2.24. The molecular formula is C15H23N3O.